The molecule has 1 amide bonds. The van der Waals surface area contributed by atoms with Crippen molar-refractivity contribution in [2.45, 2.75) is 31.4 Å². The molecule has 0 bridgehead atoms. The van der Waals surface area contributed by atoms with Gasteiger partial charge in [-0.1, -0.05) is 0 Å². The Labute approximate surface area is 116 Å². The summed E-state index contributed by atoms with van der Waals surface area (Å²) in [5, 5.41) is 13.7. The van der Waals surface area contributed by atoms with E-state index >= 15 is 0 Å². The van der Waals surface area contributed by atoms with Crippen molar-refractivity contribution < 1.29 is 14.5 Å². The smallest absolute Gasteiger partial charge is 0.292 e. The standard InChI is InChI=1S/C13H17N3O4/c1-20-12-4-2-3-10(12)15-13(17)8-5-6-9(14)11(7-8)16(18)19/h5-7,10,12H,2-4,14H2,1H3,(H,15,17). The van der Waals surface area contributed by atoms with Crippen LogP contribution in [0.2, 0.25) is 0 Å². The maximum absolute atomic E-state index is 12.1. The SMILES string of the molecule is COC1CCCC1NC(=O)c1ccc(N)c([N+](=O)[O-])c1. The quantitative estimate of drug-likeness (QED) is 0.493. The van der Waals surface area contributed by atoms with Crippen molar-refractivity contribution in [3.05, 3.63) is 33.9 Å². The van der Waals surface area contributed by atoms with Gasteiger partial charge in [0.25, 0.3) is 11.6 Å². The number of anilines is 1. The van der Waals surface area contributed by atoms with Crippen LogP contribution in [0.4, 0.5) is 11.4 Å². The fraction of sp³-hybridized carbons (Fsp3) is 0.462. The van der Waals surface area contributed by atoms with Gasteiger partial charge in [-0.25, -0.2) is 0 Å². The lowest BCUT2D eigenvalue weighted by molar-refractivity contribution is -0.383. The zero-order valence-electron chi connectivity index (χ0n) is 11.2. The number of nitrogen functional groups attached to an aromatic ring is 1. The van der Waals surface area contributed by atoms with Crippen LogP contribution in [0.15, 0.2) is 18.2 Å². The normalized spacial score (nSPS) is 21.6. The van der Waals surface area contributed by atoms with Crippen molar-refractivity contribution >= 4 is 17.3 Å². The molecule has 0 aliphatic heterocycles. The molecule has 108 valence electrons. The summed E-state index contributed by atoms with van der Waals surface area (Å²) in [5.41, 5.74) is 5.52. The molecule has 2 unspecified atom stereocenters. The van der Waals surface area contributed by atoms with E-state index in [0.717, 1.165) is 19.3 Å². The summed E-state index contributed by atoms with van der Waals surface area (Å²) in [6, 6.07) is 4.00. The van der Waals surface area contributed by atoms with Gasteiger partial charge in [0.15, 0.2) is 0 Å². The van der Waals surface area contributed by atoms with Crippen LogP contribution in [0.25, 0.3) is 0 Å². The Hall–Kier alpha value is -2.15. The number of nitro groups is 1. The van der Waals surface area contributed by atoms with Gasteiger partial charge in [0, 0.05) is 18.7 Å². The lowest BCUT2D eigenvalue weighted by atomic mass is 10.1. The predicted molar refractivity (Wildman–Crippen MR) is 73.4 cm³/mol. The van der Waals surface area contributed by atoms with Crippen molar-refractivity contribution in [1.29, 1.82) is 0 Å². The molecule has 0 heterocycles. The van der Waals surface area contributed by atoms with E-state index in [2.05, 4.69) is 5.32 Å². The van der Waals surface area contributed by atoms with E-state index in [1.54, 1.807) is 7.11 Å². The molecular weight excluding hydrogens is 262 g/mol. The zero-order chi connectivity index (χ0) is 14.7. The van der Waals surface area contributed by atoms with Crippen molar-refractivity contribution in [1.82, 2.24) is 5.32 Å². The summed E-state index contributed by atoms with van der Waals surface area (Å²) in [7, 11) is 1.61. The van der Waals surface area contributed by atoms with Gasteiger partial charge in [0.2, 0.25) is 0 Å². The summed E-state index contributed by atoms with van der Waals surface area (Å²) < 4.78 is 5.30. The summed E-state index contributed by atoms with van der Waals surface area (Å²) in [6.45, 7) is 0. The van der Waals surface area contributed by atoms with Gasteiger partial charge < -0.3 is 15.8 Å². The Kier molecular flexibility index (Phi) is 4.19. The van der Waals surface area contributed by atoms with Gasteiger partial charge in [-0.15, -0.1) is 0 Å². The number of hydrogen-bond acceptors (Lipinski definition) is 5. The van der Waals surface area contributed by atoms with E-state index in [4.69, 9.17) is 10.5 Å². The largest absolute Gasteiger partial charge is 0.393 e. The van der Waals surface area contributed by atoms with Crippen molar-refractivity contribution in [3.8, 4) is 0 Å². The number of amides is 1. The average Bonchev–Trinajstić information content (AvgIpc) is 2.86. The molecular formula is C13H17N3O4. The Morgan fingerprint density at radius 3 is 2.90 bits per heavy atom. The number of methoxy groups -OCH3 is 1. The lowest BCUT2D eigenvalue weighted by Crippen LogP contribution is -2.40. The maximum Gasteiger partial charge on any atom is 0.292 e. The van der Waals surface area contributed by atoms with Crippen LogP contribution in [0.3, 0.4) is 0 Å². The summed E-state index contributed by atoms with van der Waals surface area (Å²) >= 11 is 0. The molecule has 1 saturated carbocycles. The van der Waals surface area contributed by atoms with E-state index in [1.807, 2.05) is 0 Å². The van der Waals surface area contributed by atoms with Crippen LogP contribution in [0.5, 0.6) is 0 Å². The monoisotopic (exact) mass is 279 g/mol. The number of carbonyl (C=O) groups excluding carboxylic acids is 1. The summed E-state index contributed by atoms with van der Waals surface area (Å²) in [5.74, 6) is -0.345. The minimum absolute atomic E-state index is 0.00252. The van der Waals surface area contributed by atoms with E-state index < -0.39 is 4.92 Å². The molecule has 20 heavy (non-hydrogen) atoms. The molecule has 1 aliphatic rings. The number of ether oxygens (including phenoxy) is 1. The van der Waals surface area contributed by atoms with Crippen LogP contribution in [-0.2, 0) is 4.74 Å². The van der Waals surface area contributed by atoms with Gasteiger partial charge >= 0.3 is 0 Å². The first-order valence-electron chi connectivity index (χ1n) is 6.40. The van der Waals surface area contributed by atoms with Crippen molar-refractivity contribution in [2.75, 3.05) is 12.8 Å². The minimum atomic E-state index is -0.598. The molecule has 1 aromatic rings. The molecule has 2 rings (SSSR count). The lowest BCUT2D eigenvalue weighted by Gasteiger charge is -2.19. The van der Waals surface area contributed by atoms with Crippen molar-refractivity contribution in [3.63, 3.8) is 0 Å². The van der Waals surface area contributed by atoms with E-state index in [0.29, 0.717) is 0 Å². The molecule has 0 spiro atoms. The third-order valence-corrected chi connectivity index (χ3v) is 3.56. The van der Waals surface area contributed by atoms with E-state index in [1.165, 1.54) is 18.2 Å². The number of nitrogens with two attached hydrogens (primary N) is 1. The number of nitro benzene ring substituents is 1. The fourth-order valence-electron chi connectivity index (χ4n) is 2.47. The second kappa shape index (κ2) is 5.87. The maximum atomic E-state index is 12.1. The van der Waals surface area contributed by atoms with Gasteiger partial charge in [-0.2, -0.15) is 0 Å². The molecule has 2 atom stereocenters. The number of nitrogens with zero attached hydrogens (tertiary/aromatic N) is 1. The number of rotatable bonds is 4. The molecule has 3 N–H and O–H groups in total. The third kappa shape index (κ3) is 2.88. The van der Waals surface area contributed by atoms with Gasteiger partial charge in [-0.3, -0.25) is 14.9 Å². The van der Waals surface area contributed by atoms with Gasteiger partial charge in [0.1, 0.15) is 5.69 Å². The molecule has 0 aromatic heterocycles. The Morgan fingerprint density at radius 1 is 1.50 bits per heavy atom. The highest BCUT2D eigenvalue weighted by atomic mass is 16.6. The van der Waals surface area contributed by atoms with Gasteiger partial charge in [-0.05, 0) is 31.4 Å². The highest BCUT2D eigenvalue weighted by Gasteiger charge is 2.29. The highest BCUT2D eigenvalue weighted by Crippen LogP contribution is 2.24. The second-order valence-corrected chi connectivity index (χ2v) is 4.82. The average molecular weight is 279 g/mol. The van der Waals surface area contributed by atoms with Crippen LogP contribution in [-0.4, -0.2) is 30.1 Å². The third-order valence-electron chi connectivity index (χ3n) is 3.56. The Bertz CT molecular complexity index is 532. The zero-order valence-corrected chi connectivity index (χ0v) is 11.2. The molecule has 7 nitrogen and oxygen atoms in total. The Balaban J connectivity index is 2.13. The number of benzene rings is 1. The molecule has 0 saturated heterocycles. The van der Waals surface area contributed by atoms with Crippen LogP contribution in [0.1, 0.15) is 29.6 Å². The molecule has 7 heteroatoms. The minimum Gasteiger partial charge on any atom is -0.393 e. The first-order chi connectivity index (χ1) is 9.52. The summed E-state index contributed by atoms with van der Waals surface area (Å²) in [6.07, 6.45) is 2.75. The van der Waals surface area contributed by atoms with Crippen molar-refractivity contribution in [2.24, 2.45) is 0 Å². The first-order valence-corrected chi connectivity index (χ1v) is 6.40. The molecule has 0 radical (unpaired) electrons. The number of hydrogen-bond donors (Lipinski definition) is 2. The fourth-order valence-corrected chi connectivity index (χ4v) is 2.47. The molecule has 1 aromatic carbocycles. The number of carbonyl (C=O) groups is 1. The summed E-state index contributed by atoms with van der Waals surface area (Å²) in [4.78, 5) is 22.3. The predicted octanol–water partition coefficient (Wildman–Crippen LogP) is 1.47. The van der Waals surface area contributed by atoms with E-state index in [9.17, 15) is 14.9 Å². The van der Waals surface area contributed by atoms with Crippen LogP contribution < -0.4 is 11.1 Å². The molecule has 1 fully saturated rings. The first kappa shape index (κ1) is 14.3. The molecule has 1 aliphatic carbocycles. The topological polar surface area (TPSA) is 107 Å². The Morgan fingerprint density at radius 2 is 2.25 bits per heavy atom. The van der Waals surface area contributed by atoms with E-state index in [-0.39, 0.29) is 35.0 Å². The van der Waals surface area contributed by atoms with Crippen LogP contribution >= 0.6 is 0 Å². The number of nitrogens with one attached hydrogen (secondary N) is 1. The second-order valence-electron chi connectivity index (χ2n) is 4.82. The van der Waals surface area contributed by atoms with Gasteiger partial charge in [0.05, 0.1) is 17.1 Å². The highest BCUT2D eigenvalue weighted by molar-refractivity contribution is 5.95. The van der Waals surface area contributed by atoms with Crippen LogP contribution in [0, 0.1) is 10.1 Å².